The number of Topliss-reactive ketones (excluding diaryl/α,β-unsaturated/α-hetero) is 1. The third-order valence-corrected chi connectivity index (χ3v) is 10.4. The summed E-state index contributed by atoms with van der Waals surface area (Å²) in [5.74, 6) is -4.23. The maximum absolute atomic E-state index is 14.6. The van der Waals surface area contributed by atoms with E-state index in [1.807, 2.05) is 0 Å². The van der Waals surface area contributed by atoms with Gasteiger partial charge in [0.2, 0.25) is 5.78 Å². The standard InChI is InChI=1S/C26H31F2O5S/c27-26(28,23(30)32-16-25-12-17-8-18(13-25)10-19(9-17)14-25)24(31)33-21-5-3-4-20(11-21)22(29)15-34-6-1-2-7-34/h3-5,11,17-19H,1-2,6-10,12-16H2/q+1. The van der Waals surface area contributed by atoms with Crippen molar-refractivity contribution in [3.8, 4) is 5.75 Å². The highest BCUT2D eigenvalue weighted by atomic mass is 32.2. The molecular formula is C26H31F2O5S+. The molecule has 5 fully saturated rings. The molecule has 1 aliphatic heterocycles. The Bertz CT molecular complexity index is 936. The lowest BCUT2D eigenvalue weighted by atomic mass is 9.50. The van der Waals surface area contributed by atoms with Gasteiger partial charge in [-0.1, -0.05) is 12.1 Å². The van der Waals surface area contributed by atoms with Gasteiger partial charge in [0.25, 0.3) is 0 Å². The summed E-state index contributed by atoms with van der Waals surface area (Å²) in [6, 6.07) is 5.67. The molecule has 0 atom stereocenters. The summed E-state index contributed by atoms with van der Waals surface area (Å²) in [7, 11) is 0.0591. The van der Waals surface area contributed by atoms with Crippen molar-refractivity contribution in [3.63, 3.8) is 0 Å². The third kappa shape index (κ3) is 4.88. The van der Waals surface area contributed by atoms with Crippen LogP contribution in [-0.2, 0) is 25.2 Å². The second-order valence-corrected chi connectivity index (χ2v) is 13.1. The quantitative estimate of drug-likeness (QED) is 0.174. The van der Waals surface area contributed by atoms with E-state index in [9.17, 15) is 23.2 Å². The summed E-state index contributed by atoms with van der Waals surface area (Å²) in [5, 5.41) is 0. The van der Waals surface area contributed by atoms with Crippen LogP contribution in [0.15, 0.2) is 24.3 Å². The average Bonchev–Trinajstić information content (AvgIpc) is 3.29. The molecule has 4 aliphatic carbocycles. The molecule has 0 N–H and O–H groups in total. The monoisotopic (exact) mass is 493 g/mol. The number of hydrogen-bond donors (Lipinski definition) is 0. The molecule has 8 heteroatoms. The first-order chi connectivity index (χ1) is 16.2. The Morgan fingerprint density at radius 2 is 1.59 bits per heavy atom. The van der Waals surface area contributed by atoms with Gasteiger partial charge < -0.3 is 9.47 Å². The Kier molecular flexibility index (Phi) is 6.46. The first kappa shape index (κ1) is 23.8. The smallest absolute Gasteiger partial charge is 0.437 e. The maximum atomic E-state index is 14.6. The van der Waals surface area contributed by atoms with Crippen LogP contribution in [0.2, 0.25) is 0 Å². The molecule has 1 heterocycles. The summed E-state index contributed by atoms with van der Waals surface area (Å²) in [6.07, 6.45) is 8.55. The Morgan fingerprint density at radius 3 is 2.21 bits per heavy atom. The van der Waals surface area contributed by atoms with Crippen molar-refractivity contribution in [1.82, 2.24) is 0 Å². The highest BCUT2D eigenvalue weighted by molar-refractivity contribution is 7.97. The number of rotatable bonds is 8. The van der Waals surface area contributed by atoms with Gasteiger partial charge >= 0.3 is 17.9 Å². The maximum Gasteiger partial charge on any atom is 0.437 e. The van der Waals surface area contributed by atoms with Crippen LogP contribution >= 0.6 is 0 Å². The number of carbonyl (C=O) groups excluding carboxylic acids is 3. The molecule has 5 aliphatic rings. The number of carbonyl (C=O) groups is 3. The van der Waals surface area contributed by atoms with Crippen molar-refractivity contribution in [2.75, 3.05) is 23.9 Å². The Labute approximate surface area is 201 Å². The van der Waals surface area contributed by atoms with Crippen LogP contribution in [0.5, 0.6) is 5.75 Å². The van der Waals surface area contributed by atoms with E-state index < -0.39 is 17.9 Å². The van der Waals surface area contributed by atoms with Gasteiger partial charge in [-0.05, 0) is 92.1 Å². The molecule has 0 unspecified atom stereocenters. The van der Waals surface area contributed by atoms with Crippen LogP contribution < -0.4 is 4.74 Å². The first-order valence-corrected chi connectivity index (χ1v) is 14.0. The van der Waals surface area contributed by atoms with Gasteiger partial charge in [-0.15, -0.1) is 0 Å². The zero-order valence-electron chi connectivity index (χ0n) is 19.2. The predicted molar refractivity (Wildman–Crippen MR) is 124 cm³/mol. The summed E-state index contributed by atoms with van der Waals surface area (Å²) < 4.78 is 39.0. The zero-order valence-corrected chi connectivity index (χ0v) is 20.0. The van der Waals surface area contributed by atoms with Crippen molar-refractivity contribution < 1.29 is 32.6 Å². The highest BCUT2D eigenvalue weighted by Crippen LogP contribution is 2.60. The van der Waals surface area contributed by atoms with Crippen molar-refractivity contribution in [2.45, 2.75) is 57.3 Å². The Morgan fingerprint density at radius 1 is 0.971 bits per heavy atom. The molecule has 1 saturated heterocycles. The minimum Gasteiger partial charge on any atom is -0.460 e. The summed E-state index contributed by atoms with van der Waals surface area (Å²) in [5.41, 5.74) is 0.0939. The van der Waals surface area contributed by atoms with Crippen molar-refractivity contribution >= 4 is 28.6 Å². The van der Waals surface area contributed by atoms with Gasteiger partial charge in [-0.25, -0.2) is 9.59 Å². The fourth-order valence-corrected chi connectivity index (χ4v) is 9.15. The summed E-state index contributed by atoms with van der Waals surface area (Å²) >= 11 is 0. The lowest BCUT2D eigenvalue weighted by Crippen LogP contribution is -2.50. The number of ketones is 1. The van der Waals surface area contributed by atoms with E-state index >= 15 is 0 Å². The van der Waals surface area contributed by atoms with Gasteiger partial charge in [0.05, 0.1) is 6.61 Å². The average molecular weight is 494 g/mol. The number of halogens is 2. The third-order valence-electron chi connectivity index (χ3n) is 8.01. The molecule has 4 bridgehead atoms. The summed E-state index contributed by atoms with van der Waals surface area (Å²) in [6.45, 7) is -0.0653. The van der Waals surface area contributed by atoms with Crippen LogP contribution in [-0.4, -0.2) is 47.5 Å². The molecule has 184 valence electrons. The van der Waals surface area contributed by atoms with Crippen LogP contribution in [0.3, 0.4) is 0 Å². The lowest BCUT2D eigenvalue weighted by Gasteiger charge is -2.56. The molecule has 5 nitrogen and oxygen atoms in total. The normalized spacial score (nSPS) is 30.4. The van der Waals surface area contributed by atoms with Crippen molar-refractivity contribution in [2.24, 2.45) is 23.2 Å². The highest BCUT2D eigenvalue weighted by Gasteiger charge is 2.55. The number of ether oxygens (including phenoxy) is 2. The molecule has 34 heavy (non-hydrogen) atoms. The van der Waals surface area contributed by atoms with E-state index in [1.54, 1.807) is 6.07 Å². The van der Waals surface area contributed by atoms with E-state index in [0.717, 1.165) is 43.6 Å². The largest absolute Gasteiger partial charge is 0.460 e. The number of esters is 2. The number of hydrogen-bond acceptors (Lipinski definition) is 5. The van der Waals surface area contributed by atoms with Gasteiger partial charge in [0.15, 0.2) is 5.75 Å². The van der Waals surface area contributed by atoms with E-state index in [0.29, 0.717) is 29.1 Å². The van der Waals surface area contributed by atoms with Crippen LogP contribution in [0.4, 0.5) is 8.78 Å². The van der Waals surface area contributed by atoms with Crippen molar-refractivity contribution in [3.05, 3.63) is 29.8 Å². The van der Waals surface area contributed by atoms with Crippen LogP contribution in [0.25, 0.3) is 0 Å². The fourth-order valence-electron chi connectivity index (χ4n) is 6.89. The van der Waals surface area contributed by atoms with E-state index in [4.69, 9.17) is 9.47 Å². The molecular weight excluding hydrogens is 462 g/mol. The van der Waals surface area contributed by atoms with Gasteiger partial charge in [-0.3, -0.25) is 4.79 Å². The van der Waals surface area contributed by atoms with Gasteiger partial charge in [0, 0.05) is 11.0 Å². The topological polar surface area (TPSA) is 69.7 Å². The molecule has 0 aromatic heterocycles. The van der Waals surface area contributed by atoms with Gasteiger partial charge in [0.1, 0.15) is 17.3 Å². The number of benzene rings is 1. The molecule has 0 spiro atoms. The summed E-state index contributed by atoms with van der Waals surface area (Å²) in [4.78, 5) is 37.0. The molecule has 6 rings (SSSR count). The second-order valence-electron chi connectivity index (χ2n) is 10.8. The Balaban J connectivity index is 1.18. The minimum atomic E-state index is -4.41. The lowest BCUT2D eigenvalue weighted by molar-refractivity contribution is -0.191. The van der Waals surface area contributed by atoms with E-state index in [-0.39, 0.29) is 34.4 Å². The zero-order chi connectivity index (χ0) is 23.9. The molecule has 1 aromatic carbocycles. The molecule has 0 amide bonds. The SMILES string of the molecule is O=C(C[S+]1CCCC1)c1cccc(OC(=O)C(F)(F)C(=O)OCC23CC4CC(CC(C4)C2)C3)c1. The molecule has 1 aromatic rings. The van der Waals surface area contributed by atoms with Gasteiger partial charge in [-0.2, -0.15) is 8.78 Å². The van der Waals surface area contributed by atoms with Crippen LogP contribution in [0, 0.1) is 23.2 Å². The van der Waals surface area contributed by atoms with E-state index in [2.05, 4.69) is 0 Å². The number of alkyl halides is 2. The van der Waals surface area contributed by atoms with Crippen molar-refractivity contribution in [1.29, 1.82) is 0 Å². The Hall–Kier alpha value is -1.96. The van der Waals surface area contributed by atoms with Crippen LogP contribution in [0.1, 0.15) is 61.7 Å². The molecule has 0 radical (unpaired) electrons. The first-order valence-electron chi connectivity index (χ1n) is 12.3. The predicted octanol–water partition coefficient (Wildman–Crippen LogP) is 4.58. The van der Waals surface area contributed by atoms with E-state index in [1.165, 1.54) is 37.5 Å². The second kappa shape index (κ2) is 9.25. The minimum absolute atomic E-state index is 0.0591. The fraction of sp³-hybridized carbons (Fsp3) is 0.654. The molecule has 4 saturated carbocycles.